The highest BCUT2D eigenvalue weighted by Crippen LogP contribution is 2.26. The van der Waals surface area contributed by atoms with E-state index in [1.165, 1.54) is 12.1 Å². The molecule has 0 atom stereocenters. The summed E-state index contributed by atoms with van der Waals surface area (Å²) in [5.41, 5.74) is 1.58. The van der Waals surface area contributed by atoms with Crippen molar-refractivity contribution in [3.05, 3.63) is 42.0 Å². The van der Waals surface area contributed by atoms with E-state index in [-0.39, 0.29) is 11.7 Å². The number of aryl methyl sites for hydroxylation is 1. The van der Waals surface area contributed by atoms with E-state index < -0.39 is 5.97 Å². The molecule has 0 spiro atoms. The summed E-state index contributed by atoms with van der Waals surface area (Å²) in [4.78, 5) is 22.0. The molecule has 0 radical (unpaired) electrons. The summed E-state index contributed by atoms with van der Waals surface area (Å²) in [6.45, 7) is 3.15. The first-order chi connectivity index (χ1) is 11.0. The van der Waals surface area contributed by atoms with Crippen LogP contribution >= 0.6 is 0 Å². The van der Waals surface area contributed by atoms with Crippen molar-refractivity contribution in [3.63, 3.8) is 0 Å². The molecule has 3 rings (SSSR count). The van der Waals surface area contributed by atoms with Gasteiger partial charge in [-0.2, -0.15) is 0 Å². The number of benzene rings is 1. The zero-order valence-electron chi connectivity index (χ0n) is 12.9. The van der Waals surface area contributed by atoms with Gasteiger partial charge >= 0.3 is 5.97 Å². The van der Waals surface area contributed by atoms with Crippen LogP contribution < -0.4 is 4.90 Å². The molecule has 6 heteroatoms. The Hall–Kier alpha value is -2.50. The summed E-state index contributed by atoms with van der Waals surface area (Å²) in [6.07, 6.45) is 1.23. The quantitative estimate of drug-likeness (QED) is 0.943. The van der Waals surface area contributed by atoms with Crippen molar-refractivity contribution >= 4 is 11.8 Å². The predicted octanol–water partition coefficient (Wildman–Crippen LogP) is 2.89. The number of nitrogens with zero attached hydrogens (tertiary/aromatic N) is 3. The molecule has 1 fully saturated rings. The van der Waals surface area contributed by atoms with Gasteiger partial charge in [-0.15, -0.1) is 0 Å². The molecule has 0 unspecified atom stereocenters. The van der Waals surface area contributed by atoms with Gasteiger partial charge in [-0.1, -0.05) is 0 Å². The molecule has 0 saturated carbocycles. The van der Waals surface area contributed by atoms with Crippen LogP contribution in [0.15, 0.2) is 30.3 Å². The van der Waals surface area contributed by atoms with E-state index in [1.54, 1.807) is 12.1 Å². The number of aromatic nitrogens is 2. The second kappa shape index (κ2) is 6.32. The molecule has 1 saturated heterocycles. The lowest BCUT2D eigenvalue weighted by Crippen LogP contribution is -2.36. The van der Waals surface area contributed by atoms with Gasteiger partial charge in [0.25, 0.3) is 0 Å². The van der Waals surface area contributed by atoms with E-state index in [9.17, 15) is 9.18 Å². The second-order valence-corrected chi connectivity index (χ2v) is 5.77. The standard InChI is InChI=1S/C17H18FN3O2/c1-11-19-15(12-2-4-14(18)5-3-12)10-16(20-11)21-8-6-13(7-9-21)17(22)23/h2-5,10,13H,6-9H2,1H3,(H,22,23). The van der Waals surface area contributed by atoms with Gasteiger partial charge in [-0.05, 0) is 44.0 Å². The summed E-state index contributed by atoms with van der Waals surface area (Å²) in [7, 11) is 0. The zero-order chi connectivity index (χ0) is 16.4. The molecule has 23 heavy (non-hydrogen) atoms. The minimum atomic E-state index is -0.726. The number of carboxylic acid groups (broad SMARTS) is 1. The van der Waals surface area contributed by atoms with E-state index in [4.69, 9.17) is 5.11 Å². The van der Waals surface area contributed by atoms with E-state index >= 15 is 0 Å². The second-order valence-electron chi connectivity index (χ2n) is 5.77. The third kappa shape index (κ3) is 3.47. The number of hydrogen-bond acceptors (Lipinski definition) is 4. The summed E-state index contributed by atoms with van der Waals surface area (Å²) >= 11 is 0. The Morgan fingerprint density at radius 1 is 1.22 bits per heavy atom. The maximum atomic E-state index is 13.1. The molecule has 0 amide bonds. The van der Waals surface area contributed by atoms with E-state index in [0.717, 1.165) is 17.1 Å². The molecular formula is C17H18FN3O2. The van der Waals surface area contributed by atoms with Crippen molar-refractivity contribution < 1.29 is 14.3 Å². The Labute approximate surface area is 133 Å². The van der Waals surface area contributed by atoms with Crippen LogP contribution in [0.3, 0.4) is 0 Å². The van der Waals surface area contributed by atoms with Gasteiger partial charge in [-0.25, -0.2) is 14.4 Å². The molecule has 1 aromatic heterocycles. The molecule has 1 aliphatic heterocycles. The van der Waals surface area contributed by atoms with Gasteiger partial charge in [0.15, 0.2) is 0 Å². The lowest BCUT2D eigenvalue weighted by atomic mass is 9.97. The van der Waals surface area contributed by atoms with Crippen LogP contribution in [0, 0.1) is 18.7 Å². The topological polar surface area (TPSA) is 66.3 Å². The molecule has 2 heterocycles. The number of anilines is 1. The highest BCUT2D eigenvalue weighted by atomic mass is 19.1. The van der Waals surface area contributed by atoms with Crippen molar-refractivity contribution in [2.45, 2.75) is 19.8 Å². The summed E-state index contributed by atoms with van der Waals surface area (Å²) < 4.78 is 13.1. The molecule has 2 aromatic rings. The Morgan fingerprint density at radius 3 is 2.48 bits per heavy atom. The number of aliphatic carboxylic acids is 1. The molecule has 1 N–H and O–H groups in total. The average Bonchev–Trinajstić information content (AvgIpc) is 2.55. The third-order valence-corrected chi connectivity index (χ3v) is 4.13. The van der Waals surface area contributed by atoms with Crippen LogP contribution in [0.4, 0.5) is 10.2 Å². The first-order valence-corrected chi connectivity index (χ1v) is 7.62. The highest BCUT2D eigenvalue weighted by molar-refractivity contribution is 5.70. The average molecular weight is 315 g/mol. The number of hydrogen-bond donors (Lipinski definition) is 1. The van der Waals surface area contributed by atoms with Crippen LogP contribution in [-0.4, -0.2) is 34.1 Å². The lowest BCUT2D eigenvalue weighted by Gasteiger charge is -2.31. The molecule has 1 aromatic carbocycles. The van der Waals surface area contributed by atoms with E-state index in [2.05, 4.69) is 14.9 Å². The zero-order valence-corrected chi connectivity index (χ0v) is 12.9. The summed E-state index contributed by atoms with van der Waals surface area (Å²) in [6, 6.07) is 8.08. The van der Waals surface area contributed by atoms with Crippen molar-refractivity contribution in [2.24, 2.45) is 5.92 Å². The molecular weight excluding hydrogens is 297 g/mol. The predicted molar refractivity (Wildman–Crippen MR) is 84.7 cm³/mol. The number of carboxylic acids is 1. The summed E-state index contributed by atoms with van der Waals surface area (Å²) in [5, 5.41) is 9.08. The van der Waals surface area contributed by atoms with E-state index in [1.807, 2.05) is 13.0 Å². The minimum Gasteiger partial charge on any atom is -0.481 e. The Balaban J connectivity index is 1.84. The van der Waals surface area contributed by atoms with Gasteiger partial charge in [-0.3, -0.25) is 4.79 Å². The van der Waals surface area contributed by atoms with Crippen LogP contribution in [0.2, 0.25) is 0 Å². The van der Waals surface area contributed by atoms with Gasteiger partial charge in [0.1, 0.15) is 17.5 Å². The van der Waals surface area contributed by atoms with Crippen LogP contribution in [-0.2, 0) is 4.79 Å². The van der Waals surface area contributed by atoms with Crippen molar-refractivity contribution in [1.82, 2.24) is 9.97 Å². The van der Waals surface area contributed by atoms with Crippen LogP contribution in [0.1, 0.15) is 18.7 Å². The highest BCUT2D eigenvalue weighted by Gasteiger charge is 2.25. The fourth-order valence-electron chi connectivity index (χ4n) is 2.84. The minimum absolute atomic E-state index is 0.272. The van der Waals surface area contributed by atoms with E-state index in [0.29, 0.717) is 31.8 Å². The number of rotatable bonds is 3. The fourth-order valence-corrected chi connectivity index (χ4v) is 2.84. The Bertz CT molecular complexity index is 710. The Morgan fingerprint density at radius 2 is 1.87 bits per heavy atom. The monoisotopic (exact) mass is 315 g/mol. The normalized spacial score (nSPS) is 15.7. The fraction of sp³-hybridized carbons (Fsp3) is 0.353. The maximum absolute atomic E-state index is 13.1. The van der Waals surface area contributed by atoms with Gasteiger partial charge in [0.2, 0.25) is 0 Å². The molecule has 0 aliphatic carbocycles. The lowest BCUT2D eigenvalue weighted by molar-refractivity contribution is -0.142. The van der Waals surface area contributed by atoms with Crippen molar-refractivity contribution in [2.75, 3.05) is 18.0 Å². The SMILES string of the molecule is Cc1nc(-c2ccc(F)cc2)cc(N2CCC(C(=O)O)CC2)n1. The van der Waals surface area contributed by atoms with Gasteiger partial charge in [0, 0.05) is 24.7 Å². The molecule has 0 bridgehead atoms. The number of carbonyl (C=O) groups is 1. The first-order valence-electron chi connectivity index (χ1n) is 7.62. The van der Waals surface area contributed by atoms with Gasteiger partial charge in [0.05, 0.1) is 11.6 Å². The van der Waals surface area contributed by atoms with Gasteiger partial charge < -0.3 is 10.0 Å². The van der Waals surface area contributed by atoms with Crippen LogP contribution in [0.5, 0.6) is 0 Å². The third-order valence-electron chi connectivity index (χ3n) is 4.13. The first kappa shape index (κ1) is 15.4. The largest absolute Gasteiger partial charge is 0.481 e. The molecule has 5 nitrogen and oxygen atoms in total. The Kier molecular flexibility index (Phi) is 4.23. The number of halogens is 1. The number of piperidine rings is 1. The molecule has 120 valence electrons. The van der Waals surface area contributed by atoms with Crippen LogP contribution in [0.25, 0.3) is 11.3 Å². The summed E-state index contributed by atoms with van der Waals surface area (Å²) in [5.74, 6) is 0.152. The smallest absolute Gasteiger partial charge is 0.306 e. The molecule has 1 aliphatic rings. The van der Waals surface area contributed by atoms with Crippen molar-refractivity contribution in [3.8, 4) is 11.3 Å². The maximum Gasteiger partial charge on any atom is 0.306 e. The van der Waals surface area contributed by atoms with Crippen molar-refractivity contribution in [1.29, 1.82) is 0 Å².